The van der Waals surface area contributed by atoms with Crippen molar-refractivity contribution in [1.82, 2.24) is 14.9 Å². The molecule has 1 aliphatic rings. The van der Waals surface area contributed by atoms with Gasteiger partial charge in [0, 0.05) is 29.3 Å². The van der Waals surface area contributed by atoms with Crippen LogP contribution in [0.25, 0.3) is 21.8 Å². The molecular weight excluding hydrogens is 411 g/mol. The first kappa shape index (κ1) is 20.1. The van der Waals surface area contributed by atoms with Crippen LogP contribution in [0.3, 0.4) is 0 Å². The number of benzene rings is 2. The topological polar surface area (TPSA) is 101 Å². The maximum Gasteiger partial charge on any atom is 0.231 e. The first-order valence-electron chi connectivity index (χ1n) is 10.2. The summed E-state index contributed by atoms with van der Waals surface area (Å²) < 4.78 is 19.3. The van der Waals surface area contributed by atoms with Crippen LogP contribution >= 0.6 is 0 Å². The molecule has 7 nitrogen and oxygen atoms in total. The van der Waals surface area contributed by atoms with Crippen molar-refractivity contribution in [3.8, 4) is 5.75 Å². The largest absolute Gasteiger partial charge is 0.494 e. The Morgan fingerprint density at radius 2 is 2.06 bits per heavy atom. The minimum absolute atomic E-state index is 0.0161. The van der Waals surface area contributed by atoms with Crippen LogP contribution in [0.2, 0.25) is 0 Å². The van der Waals surface area contributed by atoms with Gasteiger partial charge in [-0.15, -0.1) is 0 Å². The maximum atomic E-state index is 14.3. The fourth-order valence-corrected chi connectivity index (χ4v) is 4.47. The fourth-order valence-electron chi connectivity index (χ4n) is 4.47. The number of carbonyl (C=O) groups is 2. The van der Waals surface area contributed by atoms with E-state index in [0.717, 1.165) is 27.4 Å². The van der Waals surface area contributed by atoms with Gasteiger partial charge in [0.15, 0.2) is 17.3 Å². The number of methoxy groups -OCH3 is 1. The molecule has 0 spiro atoms. The molecule has 1 aliphatic heterocycles. The molecule has 0 aliphatic carbocycles. The molecule has 1 amide bonds. The molecule has 0 bridgehead atoms. The number of nitrogens with two attached hydrogens (primary N) is 1. The van der Waals surface area contributed by atoms with Gasteiger partial charge in [-0.05, 0) is 23.8 Å². The number of carbonyl (C=O) groups excluding carboxylic acids is 2. The lowest BCUT2D eigenvalue weighted by atomic mass is 9.95. The summed E-state index contributed by atoms with van der Waals surface area (Å²) in [6.07, 6.45) is 0.363. The molecule has 5 rings (SSSR count). The van der Waals surface area contributed by atoms with Gasteiger partial charge in [0.2, 0.25) is 5.91 Å². The van der Waals surface area contributed by atoms with Gasteiger partial charge in [-0.1, -0.05) is 24.3 Å². The number of para-hydroxylation sites is 1. The molecule has 4 aromatic rings. The number of nitrogens with zero attached hydrogens (tertiary/aromatic N) is 2. The predicted octanol–water partition coefficient (Wildman–Crippen LogP) is 2.94. The minimum atomic E-state index is -0.497. The number of primary amides is 1. The van der Waals surface area contributed by atoms with Gasteiger partial charge in [-0.2, -0.15) is 0 Å². The summed E-state index contributed by atoms with van der Waals surface area (Å²) in [5, 5.41) is 1.75. The number of aromatic nitrogens is 2. The molecule has 0 radical (unpaired) electrons. The number of halogens is 1. The monoisotopic (exact) mass is 432 g/mol. The molecule has 3 N–H and O–H groups in total. The van der Waals surface area contributed by atoms with Crippen LogP contribution in [-0.2, 0) is 17.8 Å². The fraction of sp³-hybridized carbons (Fsp3) is 0.208. The lowest BCUT2D eigenvalue weighted by Gasteiger charge is -2.27. The number of hydrogen-bond acceptors (Lipinski definition) is 5. The second kappa shape index (κ2) is 7.72. The molecule has 0 atom stereocenters. The van der Waals surface area contributed by atoms with Gasteiger partial charge in [-0.25, -0.2) is 4.39 Å². The zero-order valence-corrected chi connectivity index (χ0v) is 17.4. The van der Waals surface area contributed by atoms with Crippen LogP contribution in [0, 0.1) is 5.82 Å². The van der Waals surface area contributed by atoms with E-state index >= 15 is 0 Å². The van der Waals surface area contributed by atoms with Gasteiger partial charge >= 0.3 is 0 Å². The number of ether oxygens (including phenoxy) is 1. The second-order valence-corrected chi connectivity index (χ2v) is 7.98. The van der Waals surface area contributed by atoms with E-state index < -0.39 is 11.7 Å². The van der Waals surface area contributed by atoms with E-state index in [2.05, 4.69) is 4.98 Å². The number of aromatic amines is 1. The minimum Gasteiger partial charge on any atom is -0.494 e. The molecule has 3 heterocycles. The lowest BCUT2D eigenvalue weighted by Crippen LogP contribution is -2.41. The van der Waals surface area contributed by atoms with Crippen LogP contribution in [0.4, 0.5) is 4.39 Å². The van der Waals surface area contributed by atoms with Crippen molar-refractivity contribution < 1.29 is 18.7 Å². The van der Waals surface area contributed by atoms with Crippen molar-refractivity contribution in [3.63, 3.8) is 0 Å². The lowest BCUT2D eigenvalue weighted by molar-refractivity contribution is -0.119. The highest BCUT2D eigenvalue weighted by Gasteiger charge is 2.30. The summed E-state index contributed by atoms with van der Waals surface area (Å²) in [5.74, 6) is -0.866. The highest BCUT2D eigenvalue weighted by molar-refractivity contribution is 6.20. The standard InChI is InChI=1S/C24H21FN4O3/c1-32-20-7-6-13(8-15(20)25)9-17-24-22(14-4-2-3-5-16(14)28-24)23-18(27-17)10-29(11-19(23)30)12-21(26)31/h2-8,28H,9-12H2,1H3,(H2,26,31). The molecule has 0 fully saturated rings. The number of fused-ring (bicyclic) bond motifs is 5. The number of nitrogens with one attached hydrogen (secondary N) is 1. The molecule has 2 aromatic heterocycles. The third-order valence-electron chi connectivity index (χ3n) is 5.79. The Bertz CT molecular complexity index is 1400. The van der Waals surface area contributed by atoms with Gasteiger partial charge < -0.3 is 15.5 Å². The summed E-state index contributed by atoms with van der Waals surface area (Å²) in [6.45, 7) is 0.427. The molecule has 0 unspecified atom stereocenters. The van der Waals surface area contributed by atoms with Crippen molar-refractivity contribution in [3.05, 3.63) is 70.8 Å². The molecule has 162 valence electrons. The van der Waals surface area contributed by atoms with Gasteiger partial charge in [0.25, 0.3) is 0 Å². The van der Waals surface area contributed by atoms with E-state index in [1.807, 2.05) is 24.3 Å². The summed E-state index contributed by atoms with van der Waals surface area (Å²) in [7, 11) is 1.42. The van der Waals surface area contributed by atoms with Crippen LogP contribution in [-0.4, -0.2) is 46.8 Å². The summed E-state index contributed by atoms with van der Waals surface area (Å²) in [5.41, 5.74) is 9.60. The molecule has 8 heteroatoms. The Morgan fingerprint density at radius 1 is 1.25 bits per heavy atom. The van der Waals surface area contributed by atoms with Crippen LogP contribution in [0.15, 0.2) is 42.5 Å². The number of ketones is 1. The number of amides is 1. The molecule has 32 heavy (non-hydrogen) atoms. The Morgan fingerprint density at radius 3 is 2.81 bits per heavy atom. The number of hydrogen-bond donors (Lipinski definition) is 2. The predicted molar refractivity (Wildman–Crippen MR) is 118 cm³/mol. The first-order chi connectivity index (χ1) is 15.4. The number of H-pyrrole nitrogens is 1. The Hall–Kier alpha value is -3.78. The molecule has 0 saturated heterocycles. The molecule has 0 saturated carbocycles. The van der Waals surface area contributed by atoms with Gasteiger partial charge in [0.1, 0.15) is 0 Å². The average Bonchev–Trinajstić information content (AvgIpc) is 3.13. The maximum absolute atomic E-state index is 14.3. The summed E-state index contributed by atoms with van der Waals surface area (Å²) >= 11 is 0. The van der Waals surface area contributed by atoms with E-state index in [1.165, 1.54) is 13.2 Å². The third kappa shape index (κ3) is 3.38. The normalized spacial score (nSPS) is 14.1. The Labute approximate surface area is 183 Å². The van der Waals surface area contributed by atoms with Gasteiger partial charge in [-0.3, -0.25) is 19.5 Å². The van der Waals surface area contributed by atoms with E-state index in [9.17, 15) is 14.0 Å². The SMILES string of the molecule is COc1ccc(Cc2nc3c(c4c2[nH]c2ccccc24)C(=O)CN(CC(N)=O)C3)cc1F. The quantitative estimate of drug-likeness (QED) is 0.505. The van der Waals surface area contributed by atoms with E-state index in [1.54, 1.807) is 17.0 Å². The smallest absolute Gasteiger partial charge is 0.231 e. The van der Waals surface area contributed by atoms with E-state index in [0.29, 0.717) is 29.9 Å². The number of rotatable bonds is 5. The second-order valence-electron chi connectivity index (χ2n) is 7.98. The van der Waals surface area contributed by atoms with Crippen molar-refractivity contribution in [2.75, 3.05) is 20.2 Å². The highest BCUT2D eigenvalue weighted by Crippen LogP contribution is 2.35. The van der Waals surface area contributed by atoms with Crippen molar-refractivity contribution >= 4 is 33.5 Å². The van der Waals surface area contributed by atoms with Crippen LogP contribution in [0.5, 0.6) is 5.75 Å². The molecule has 2 aromatic carbocycles. The Balaban J connectivity index is 1.69. The molecular formula is C24H21FN4O3. The number of Topliss-reactive ketones (excluding diaryl/α,β-unsaturated/α-hetero) is 1. The average molecular weight is 432 g/mol. The van der Waals surface area contributed by atoms with E-state index in [-0.39, 0.29) is 24.6 Å². The van der Waals surface area contributed by atoms with Crippen molar-refractivity contribution in [2.24, 2.45) is 5.73 Å². The highest BCUT2D eigenvalue weighted by atomic mass is 19.1. The zero-order valence-electron chi connectivity index (χ0n) is 17.4. The zero-order chi connectivity index (χ0) is 22.4. The Kier molecular flexibility index (Phi) is 4.86. The van der Waals surface area contributed by atoms with Gasteiger partial charge in [0.05, 0.1) is 42.7 Å². The third-order valence-corrected chi connectivity index (χ3v) is 5.79. The van der Waals surface area contributed by atoms with Crippen LogP contribution < -0.4 is 10.5 Å². The number of pyridine rings is 1. The van der Waals surface area contributed by atoms with Crippen molar-refractivity contribution in [1.29, 1.82) is 0 Å². The summed E-state index contributed by atoms with van der Waals surface area (Å²) in [4.78, 5) is 34.4. The van der Waals surface area contributed by atoms with E-state index in [4.69, 9.17) is 15.5 Å². The summed E-state index contributed by atoms with van der Waals surface area (Å²) in [6, 6.07) is 12.6. The first-order valence-corrected chi connectivity index (χ1v) is 10.2. The van der Waals surface area contributed by atoms with Crippen LogP contribution in [0.1, 0.15) is 27.3 Å². The van der Waals surface area contributed by atoms with Crippen molar-refractivity contribution in [2.45, 2.75) is 13.0 Å².